The zero-order valence-electron chi connectivity index (χ0n) is 14.0. The highest BCUT2D eigenvalue weighted by Crippen LogP contribution is 2.13. The van der Waals surface area contributed by atoms with Crippen LogP contribution in [0.1, 0.15) is 23.2 Å². The summed E-state index contributed by atoms with van der Waals surface area (Å²) in [7, 11) is 1.77. The second-order valence-electron chi connectivity index (χ2n) is 5.64. The molecule has 0 spiro atoms. The normalized spacial score (nSPS) is 10.6. The molecule has 2 aromatic rings. The maximum atomic E-state index is 12.8. The molecule has 2 amide bonds. The van der Waals surface area contributed by atoms with E-state index in [1.807, 2.05) is 6.92 Å². The lowest BCUT2D eigenvalue weighted by atomic mass is 10.2. The van der Waals surface area contributed by atoms with Gasteiger partial charge >= 0.3 is 6.03 Å². The van der Waals surface area contributed by atoms with Gasteiger partial charge in [0.2, 0.25) is 0 Å². The summed E-state index contributed by atoms with van der Waals surface area (Å²) in [4.78, 5) is 13.7. The number of thioether (sulfide) groups is 1. The molecule has 0 aliphatic carbocycles. The average Bonchev–Trinajstić information content (AvgIpc) is 2.97. The molecule has 1 aromatic heterocycles. The molecule has 5 nitrogen and oxygen atoms in total. The van der Waals surface area contributed by atoms with Crippen LogP contribution >= 0.6 is 11.8 Å². The minimum Gasteiger partial charge on any atom is -0.338 e. The van der Waals surface area contributed by atoms with Gasteiger partial charge in [-0.2, -0.15) is 16.9 Å². The van der Waals surface area contributed by atoms with Gasteiger partial charge in [0, 0.05) is 30.6 Å². The molecule has 2 N–H and O–H groups in total. The van der Waals surface area contributed by atoms with Crippen molar-refractivity contribution in [3.63, 3.8) is 0 Å². The molecule has 0 saturated heterocycles. The quantitative estimate of drug-likeness (QED) is 0.718. The second kappa shape index (κ2) is 9.32. The lowest BCUT2D eigenvalue weighted by Crippen LogP contribution is -2.37. The predicted molar refractivity (Wildman–Crippen MR) is 95.4 cm³/mol. The molecule has 0 unspecified atom stereocenters. The minimum absolute atomic E-state index is 0.0841. The molecule has 130 valence electrons. The van der Waals surface area contributed by atoms with Crippen LogP contribution in [-0.4, -0.2) is 40.5 Å². The molecule has 1 aromatic carbocycles. The number of aromatic amines is 1. The van der Waals surface area contributed by atoms with E-state index >= 15 is 0 Å². The zero-order valence-corrected chi connectivity index (χ0v) is 14.8. The van der Waals surface area contributed by atoms with E-state index in [0.29, 0.717) is 13.1 Å². The monoisotopic (exact) mass is 350 g/mol. The number of hydrogen-bond donors (Lipinski definition) is 2. The van der Waals surface area contributed by atoms with Gasteiger partial charge in [0.15, 0.2) is 0 Å². The summed E-state index contributed by atoms with van der Waals surface area (Å²) in [5.74, 6) is 1.59. The van der Waals surface area contributed by atoms with Gasteiger partial charge in [-0.15, -0.1) is 0 Å². The summed E-state index contributed by atoms with van der Waals surface area (Å²) in [6.45, 7) is 3.11. The molecule has 0 bridgehead atoms. The standard InChI is InChI=1S/C17H23FN4OS/c1-13-15(10-20-21-13)11-22(2)17(23)19-8-3-9-24-12-14-4-6-16(18)7-5-14/h4-7,10H,3,8-9,11-12H2,1-2H3,(H,19,23)(H,20,21). The number of amides is 2. The number of benzene rings is 1. The molecule has 0 aliphatic rings. The topological polar surface area (TPSA) is 61.0 Å². The van der Waals surface area contributed by atoms with Gasteiger partial charge in [0.1, 0.15) is 5.82 Å². The van der Waals surface area contributed by atoms with E-state index < -0.39 is 0 Å². The van der Waals surface area contributed by atoms with Crippen molar-refractivity contribution in [2.45, 2.75) is 25.6 Å². The summed E-state index contributed by atoms with van der Waals surface area (Å²) in [5, 5.41) is 9.73. The van der Waals surface area contributed by atoms with Crippen LogP contribution in [0.2, 0.25) is 0 Å². The van der Waals surface area contributed by atoms with E-state index in [-0.39, 0.29) is 11.8 Å². The average molecular weight is 350 g/mol. The Balaban J connectivity index is 1.57. The van der Waals surface area contributed by atoms with Crippen molar-refractivity contribution in [3.8, 4) is 0 Å². The molecule has 0 aliphatic heterocycles. The fourth-order valence-electron chi connectivity index (χ4n) is 2.14. The Morgan fingerprint density at radius 1 is 1.38 bits per heavy atom. The van der Waals surface area contributed by atoms with E-state index in [0.717, 1.165) is 34.7 Å². The molecular weight excluding hydrogens is 327 g/mol. The number of rotatable bonds is 8. The smallest absolute Gasteiger partial charge is 0.317 e. The lowest BCUT2D eigenvalue weighted by Gasteiger charge is -2.17. The fourth-order valence-corrected chi connectivity index (χ4v) is 3.06. The first kappa shape index (κ1) is 18.3. The molecule has 0 radical (unpaired) electrons. The number of halogens is 1. The van der Waals surface area contributed by atoms with Crippen molar-refractivity contribution in [1.82, 2.24) is 20.4 Å². The van der Waals surface area contributed by atoms with Crippen LogP contribution in [0.25, 0.3) is 0 Å². The van der Waals surface area contributed by atoms with Crippen LogP contribution in [0.3, 0.4) is 0 Å². The fraction of sp³-hybridized carbons (Fsp3) is 0.412. The van der Waals surface area contributed by atoms with Crippen LogP contribution in [0.5, 0.6) is 0 Å². The number of nitrogens with one attached hydrogen (secondary N) is 2. The van der Waals surface area contributed by atoms with Gasteiger partial charge in [-0.25, -0.2) is 9.18 Å². The summed E-state index contributed by atoms with van der Waals surface area (Å²) in [5.41, 5.74) is 3.11. The van der Waals surface area contributed by atoms with Crippen LogP contribution < -0.4 is 5.32 Å². The number of carbonyl (C=O) groups is 1. The van der Waals surface area contributed by atoms with Crippen LogP contribution in [0.4, 0.5) is 9.18 Å². The van der Waals surface area contributed by atoms with E-state index in [1.165, 1.54) is 12.1 Å². The molecule has 0 fully saturated rings. The van der Waals surface area contributed by atoms with Crippen molar-refractivity contribution in [2.75, 3.05) is 19.3 Å². The van der Waals surface area contributed by atoms with E-state index in [2.05, 4.69) is 15.5 Å². The van der Waals surface area contributed by atoms with Crippen LogP contribution in [-0.2, 0) is 12.3 Å². The molecule has 1 heterocycles. The Bertz CT molecular complexity index is 644. The number of urea groups is 1. The SMILES string of the molecule is Cc1[nH]ncc1CN(C)C(=O)NCCCSCc1ccc(F)cc1. The molecule has 7 heteroatoms. The molecule has 0 atom stereocenters. The first-order valence-corrected chi connectivity index (χ1v) is 9.01. The Labute approximate surface area is 146 Å². The number of aromatic nitrogens is 2. The third kappa shape index (κ3) is 5.88. The predicted octanol–water partition coefficient (Wildman–Crippen LogP) is 3.32. The largest absolute Gasteiger partial charge is 0.338 e. The second-order valence-corrected chi connectivity index (χ2v) is 6.75. The van der Waals surface area contributed by atoms with Crippen LogP contribution in [0.15, 0.2) is 30.5 Å². The van der Waals surface area contributed by atoms with Crippen molar-refractivity contribution in [1.29, 1.82) is 0 Å². The maximum Gasteiger partial charge on any atom is 0.317 e. The van der Waals surface area contributed by atoms with Gasteiger partial charge in [0.25, 0.3) is 0 Å². The number of carbonyl (C=O) groups excluding carboxylic acids is 1. The Hall–Kier alpha value is -2.02. The van der Waals surface area contributed by atoms with Gasteiger partial charge in [-0.3, -0.25) is 5.10 Å². The van der Waals surface area contributed by atoms with Crippen molar-refractivity contribution >= 4 is 17.8 Å². The number of H-pyrrole nitrogens is 1. The highest BCUT2D eigenvalue weighted by molar-refractivity contribution is 7.98. The Morgan fingerprint density at radius 3 is 2.79 bits per heavy atom. The molecule has 0 saturated carbocycles. The third-order valence-corrected chi connectivity index (χ3v) is 4.73. The maximum absolute atomic E-state index is 12.8. The van der Waals surface area contributed by atoms with Crippen molar-refractivity contribution < 1.29 is 9.18 Å². The van der Waals surface area contributed by atoms with Crippen molar-refractivity contribution in [3.05, 3.63) is 53.1 Å². The summed E-state index contributed by atoms with van der Waals surface area (Å²) in [6, 6.07) is 6.48. The Kier molecular flexibility index (Phi) is 7.11. The lowest BCUT2D eigenvalue weighted by molar-refractivity contribution is 0.207. The van der Waals surface area contributed by atoms with E-state index in [9.17, 15) is 9.18 Å². The van der Waals surface area contributed by atoms with Crippen molar-refractivity contribution in [2.24, 2.45) is 0 Å². The third-order valence-electron chi connectivity index (χ3n) is 3.61. The van der Waals surface area contributed by atoms with E-state index in [4.69, 9.17) is 0 Å². The summed E-state index contributed by atoms with van der Waals surface area (Å²) < 4.78 is 12.8. The molecule has 24 heavy (non-hydrogen) atoms. The van der Waals surface area contributed by atoms with Gasteiger partial charge in [-0.05, 0) is 36.8 Å². The first-order valence-electron chi connectivity index (χ1n) is 7.86. The highest BCUT2D eigenvalue weighted by Gasteiger charge is 2.10. The molecular formula is C17H23FN4OS. The number of nitrogens with zero attached hydrogens (tertiary/aromatic N) is 2. The Morgan fingerprint density at radius 2 is 2.12 bits per heavy atom. The van der Waals surface area contributed by atoms with E-state index in [1.54, 1.807) is 42.0 Å². The first-order chi connectivity index (χ1) is 11.6. The molecule has 2 rings (SSSR count). The number of aryl methyl sites for hydroxylation is 1. The van der Waals surface area contributed by atoms with Gasteiger partial charge < -0.3 is 10.2 Å². The summed E-state index contributed by atoms with van der Waals surface area (Å²) in [6.07, 6.45) is 2.64. The van der Waals surface area contributed by atoms with Gasteiger partial charge in [0.05, 0.1) is 12.7 Å². The summed E-state index contributed by atoms with van der Waals surface area (Å²) >= 11 is 1.78. The minimum atomic E-state index is -0.207. The van der Waals surface area contributed by atoms with Gasteiger partial charge in [-0.1, -0.05) is 12.1 Å². The highest BCUT2D eigenvalue weighted by atomic mass is 32.2. The zero-order chi connectivity index (χ0) is 17.4. The number of hydrogen-bond acceptors (Lipinski definition) is 3. The van der Waals surface area contributed by atoms with Crippen LogP contribution in [0, 0.1) is 12.7 Å².